The van der Waals surface area contributed by atoms with Crippen LogP contribution in [0.25, 0.3) is 0 Å². The number of hydrogen-bond acceptors (Lipinski definition) is 8. The predicted molar refractivity (Wildman–Crippen MR) is 78.2 cm³/mol. The number of hydrogen-bond donors (Lipinski definition) is 1. The van der Waals surface area contributed by atoms with Gasteiger partial charge in [-0.25, -0.2) is 9.59 Å². The molecule has 0 saturated carbocycles. The highest BCUT2D eigenvalue weighted by molar-refractivity contribution is 5.98. The Morgan fingerprint density at radius 3 is 1.43 bits per heavy atom. The number of carbonyl (C=O) groups excluding carboxylic acids is 2. The van der Waals surface area contributed by atoms with E-state index in [0.717, 1.165) is 0 Å². The molecule has 0 amide bonds. The van der Waals surface area contributed by atoms with Crippen molar-refractivity contribution in [3.8, 4) is 11.5 Å². The molecule has 0 atom stereocenters. The van der Waals surface area contributed by atoms with Crippen molar-refractivity contribution in [2.75, 3.05) is 54.9 Å². The van der Waals surface area contributed by atoms with Gasteiger partial charge in [0.25, 0.3) is 0 Å². The zero-order valence-corrected chi connectivity index (χ0v) is 13.6. The van der Waals surface area contributed by atoms with E-state index in [1.807, 2.05) is 0 Å². The van der Waals surface area contributed by atoms with Crippen molar-refractivity contribution in [3.63, 3.8) is 0 Å². The molecule has 0 fully saturated rings. The number of esters is 2. The Labute approximate surface area is 133 Å². The Balaban J connectivity index is 3.22. The second-order valence-corrected chi connectivity index (χ2v) is 4.20. The van der Waals surface area contributed by atoms with E-state index < -0.39 is 11.9 Å². The quantitative estimate of drug-likeness (QED) is 0.492. The summed E-state index contributed by atoms with van der Waals surface area (Å²) in [6, 6.07) is 0. The monoisotopic (exact) mass is 331 g/mol. The normalized spacial score (nSPS) is 10.3. The first kappa shape index (κ1) is 18.8. The maximum absolute atomic E-state index is 11.9. The molecule has 1 rings (SSSR count). The number of rotatable bonds is 10. The number of methoxy groups -OCH3 is 4. The van der Waals surface area contributed by atoms with Crippen LogP contribution in [0.15, 0.2) is 0 Å². The van der Waals surface area contributed by atoms with Crippen molar-refractivity contribution in [2.24, 2.45) is 0 Å². The SMILES string of the molecule is COCCOc1c(C(=O)OC)[nH]c(C(=O)OC)c1OCCOC. The maximum Gasteiger partial charge on any atom is 0.358 e. The molecule has 0 aliphatic heterocycles. The van der Waals surface area contributed by atoms with Gasteiger partial charge in [-0.15, -0.1) is 0 Å². The minimum Gasteiger partial charge on any atom is -0.485 e. The van der Waals surface area contributed by atoms with Crippen LogP contribution >= 0.6 is 0 Å². The van der Waals surface area contributed by atoms with Crippen LogP contribution in [0, 0.1) is 0 Å². The van der Waals surface area contributed by atoms with Crippen LogP contribution < -0.4 is 9.47 Å². The van der Waals surface area contributed by atoms with E-state index in [-0.39, 0.29) is 49.3 Å². The topological polar surface area (TPSA) is 105 Å². The average molecular weight is 331 g/mol. The average Bonchev–Trinajstić information content (AvgIpc) is 2.92. The van der Waals surface area contributed by atoms with Crippen LogP contribution in [0.4, 0.5) is 0 Å². The molecule has 0 radical (unpaired) electrons. The summed E-state index contributed by atoms with van der Waals surface area (Å²) in [6.45, 7) is 0.882. The molecule has 0 spiro atoms. The molecule has 130 valence electrons. The fraction of sp³-hybridized carbons (Fsp3) is 0.571. The fourth-order valence-corrected chi connectivity index (χ4v) is 1.69. The van der Waals surface area contributed by atoms with E-state index in [9.17, 15) is 9.59 Å². The van der Waals surface area contributed by atoms with Gasteiger partial charge in [0.2, 0.25) is 0 Å². The van der Waals surface area contributed by atoms with Crippen molar-refractivity contribution in [1.29, 1.82) is 0 Å². The Morgan fingerprint density at radius 2 is 1.13 bits per heavy atom. The van der Waals surface area contributed by atoms with Gasteiger partial charge < -0.3 is 33.4 Å². The van der Waals surface area contributed by atoms with Crippen LogP contribution in [0.3, 0.4) is 0 Å². The van der Waals surface area contributed by atoms with Gasteiger partial charge in [-0.2, -0.15) is 0 Å². The zero-order chi connectivity index (χ0) is 17.2. The van der Waals surface area contributed by atoms with Gasteiger partial charge in [0.15, 0.2) is 22.9 Å². The number of H-pyrrole nitrogens is 1. The summed E-state index contributed by atoms with van der Waals surface area (Å²) in [6.07, 6.45) is 0. The molecule has 9 nitrogen and oxygen atoms in total. The lowest BCUT2D eigenvalue weighted by Gasteiger charge is -2.10. The summed E-state index contributed by atoms with van der Waals surface area (Å²) in [5.74, 6) is -1.29. The van der Waals surface area contributed by atoms with Gasteiger partial charge in [-0.3, -0.25) is 0 Å². The smallest absolute Gasteiger partial charge is 0.358 e. The lowest BCUT2D eigenvalue weighted by molar-refractivity contribution is 0.0586. The third-order valence-electron chi connectivity index (χ3n) is 2.76. The molecular weight excluding hydrogens is 310 g/mol. The third kappa shape index (κ3) is 4.86. The standard InChI is InChI=1S/C14H21NO8/c1-18-5-7-22-11-9(13(16)20-3)15-10(14(17)21-4)12(11)23-8-6-19-2/h15H,5-8H2,1-4H3. The molecule has 0 bridgehead atoms. The zero-order valence-electron chi connectivity index (χ0n) is 13.6. The second-order valence-electron chi connectivity index (χ2n) is 4.20. The highest BCUT2D eigenvalue weighted by atomic mass is 16.6. The molecule has 0 unspecified atom stereocenters. The highest BCUT2D eigenvalue weighted by Crippen LogP contribution is 2.36. The van der Waals surface area contributed by atoms with Crippen LogP contribution in [0.2, 0.25) is 0 Å². The second kappa shape index (κ2) is 9.70. The van der Waals surface area contributed by atoms with E-state index >= 15 is 0 Å². The molecule has 9 heteroatoms. The molecule has 0 aromatic carbocycles. The van der Waals surface area contributed by atoms with Crippen molar-refractivity contribution in [2.45, 2.75) is 0 Å². The largest absolute Gasteiger partial charge is 0.485 e. The van der Waals surface area contributed by atoms with Gasteiger partial charge in [0.05, 0.1) is 27.4 Å². The van der Waals surface area contributed by atoms with E-state index in [1.165, 1.54) is 28.4 Å². The highest BCUT2D eigenvalue weighted by Gasteiger charge is 2.29. The lowest BCUT2D eigenvalue weighted by Crippen LogP contribution is -2.11. The molecule has 1 N–H and O–H groups in total. The van der Waals surface area contributed by atoms with Crippen molar-refractivity contribution < 1.29 is 38.0 Å². The molecule has 1 heterocycles. The van der Waals surface area contributed by atoms with E-state index in [0.29, 0.717) is 0 Å². The minimum atomic E-state index is -0.704. The Hall–Kier alpha value is -2.26. The van der Waals surface area contributed by atoms with Crippen molar-refractivity contribution in [1.82, 2.24) is 4.98 Å². The van der Waals surface area contributed by atoms with Crippen LogP contribution in [-0.4, -0.2) is 71.8 Å². The van der Waals surface area contributed by atoms with Gasteiger partial charge in [-0.05, 0) is 0 Å². The number of aromatic amines is 1. The van der Waals surface area contributed by atoms with E-state index in [1.54, 1.807) is 0 Å². The van der Waals surface area contributed by atoms with Crippen LogP contribution in [0.5, 0.6) is 11.5 Å². The predicted octanol–water partition coefficient (Wildman–Crippen LogP) is 0.638. The summed E-state index contributed by atoms with van der Waals surface area (Å²) in [7, 11) is 5.45. The van der Waals surface area contributed by atoms with Gasteiger partial charge in [0.1, 0.15) is 13.2 Å². The molecule has 1 aromatic heterocycles. The van der Waals surface area contributed by atoms with E-state index in [4.69, 9.17) is 18.9 Å². The number of carbonyl (C=O) groups is 2. The summed E-state index contributed by atoms with van der Waals surface area (Å²) in [4.78, 5) is 26.4. The van der Waals surface area contributed by atoms with E-state index in [2.05, 4.69) is 14.5 Å². The first-order chi connectivity index (χ1) is 11.1. The Kier molecular flexibility index (Phi) is 7.92. The molecule has 1 aromatic rings. The summed E-state index contributed by atoms with van der Waals surface area (Å²) < 4.78 is 30.2. The van der Waals surface area contributed by atoms with Crippen molar-refractivity contribution in [3.05, 3.63) is 11.4 Å². The number of aromatic nitrogens is 1. The summed E-state index contributed by atoms with van der Waals surface area (Å²) in [5.41, 5.74) is -0.0900. The molecule has 0 aliphatic rings. The summed E-state index contributed by atoms with van der Waals surface area (Å²) >= 11 is 0. The Bertz CT molecular complexity index is 481. The lowest BCUT2D eigenvalue weighted by atomic mass is 10.3. The molecule has 0 aliphatic carbocycles. The number of ether oxygens (including phenoxy) is 6. The minimum absolute atomic E-state index is 0.0450. The molecular formula is C14H21NO8. The van der Waals surface area contributed by atoms with Crippen LogP contribution in [0.1, 0.15) is 21.0 Å². The van der Waals surface area contributed by atoms with Gasteiger partial charge >= 0.3 is 11.9 Å². The van der Waals surface area contributed by atoms with Gasteiger partial charge in [-0.1, -0.05) is 0 Å². The summed E-state index contributed by atoms with van der Waals surface area (Å²) in [5, 5.41) is 0. The van der Waals surface area contributed by atoms with Crippen LogP contribution in [-0.2, 0) is 18.9 Å². The maximum atomic E-state index is 11.9. The van der Waals surface area contributed by atoms with Crippen molar-refractivity contribution >= 4 is 11.9 Å². The molecule has 23 heavy (non-hydrogen) atoms. The molecule has 0 saturated heterocycles. The first-order valence-corrected chi connectivity index (χ1v) is 6.76. The third-order valence-corrected chi connectivity index (χ3v) is 2.76. The first-order valence-electron chi connectivity index (χ1n) is 6.76. The fourth-order valence-electron chi connectivity index (χ4n) is 1.69. The Morgan fingerprint density at radius 1 is 0.739 bits per heavy atom. The number of nitrogens with one attached hydrogen (secondary N) is 1. The van der Waals surface area contributed by atoms with Gasteiger partial charge in [0, 0.05) is 14.2 Å².